The molecule has 0 radical (unpaired) electrons. The summed E-state index contributed by atoms with van der Waals surface area (Å²) in [6.45, 7) is -0.371. The number of fused-ring (bicyclic) bond motifs is 1. The second-order valence-corrected chi connectivity index (χ2v) is 12.3. The van der Waals surface area contributed by atoms with E-state index in [-0.39, 0.29) is 35.5 Å². The van der Waals surface area contributed by atoms with E-state index in [1.807, 2.05) is 0 Å². The highest BCUT2D eigenvalue weighted by atomic mass is 16.7. The molecule has 0 saturated carbocycles. The number of methoxy groups -OCH3 is 2. The summed E-state index contributed by atoms with van der Waals surface area (Å²) >= 11 is 0. The van der Waals surface area contributed by atoms with E-state index in [0.29, 0.717) is 24.7 Å². The molecule has 0 amide bonds. The van der Waals surface area contributed by atoms with Crippen molar-refractivity contribution in [3.05, 3.63) is 47.5 Å². The summed E-state index contributed by atoms with van der Waals surface area (Å²) in [5.41, 5.74) is 1.59. The van der Waals surface area contributed by atoms with E-state index in [0.717, 1.165) is 11.1 Å². The van der Waals surface area contributed by atoms with Crippen LogP contribution >= 0.6 is 0 Å². The lowest BCUT2D eigenvalue weighted by molar-refractivity contribution is -0.277. The topological polar surface area (TPSA) is 236 Å². The Kier molecular flexibility index (Phi) is 10.6. The fourth-order valence-corrected chi connectivity index (χ4v) is 6.73. The zero-order valence-electron chi connectivity index (χ0n) is 26.2. The molecular formula is C32H42O16. The number of aliphatic hydroxyl groups is 8. The van der Waals surface area contributed by atoms with Crippen molar-refractivity contribution < 1.29 is 78.7 Å². The average Bonchev–Trinajstić information content (AvgIpc) is 3.72. The van der Waals surface area contributed by atoms with Crippen molar-refractivity contribution in [3.8, 4) is 23.0 Å². The third-order valence-corrected chi connectivity index (χ3v) is 9.48. The summed E-state index contributed by atoms with van der Waals surface area (Å²) in [5, 5.41) is 80.1. The van der Waals surface area contributed by atoms with Crippen molar-refractivity contribution in [2.45, 2.75) is 73.6 Å². The Morgan fingerprint density at radius 1 is 0.562 bits per heavy atom. The number of rotatable bonds is 10. The van der Waals surface area contributed by atoms with E-state index in [1.54, 1.807) is 36.4 Å². The van der Waals surface area contributed by atoms with Gasteiger partial charge in [-0.2, -0.15) is 0 Å². The molecule has 2 aromatic carbocycles. The Bertz CT molecular complexity index is 1290. The molecule has 6 rings (SSSR count). The van der Waals surface area contributed by atoms with Gasteiger partial charge in [0.05, 0.1) is 52.9 Å². The van der Waals surface area contributed by atoms with E-state index in [2.05, 4.69) is 0 Å². The highest BCUT2D eigenvalue weighted by Gasteiger charge is 2.49. The fraction of sp³-hybridized carbons (Fsp3) is 0.625. The molecule has 8 N–H and O–H groups in total. The van der Waals surface area contributed by atoms with Crippen LogP contribution in [0.5, 0.6) is 23.0 Å². The lowest BCUT2D eigenvalue weighted by atomic mass is 9.85. The van der Waals surface area contributed by atoms with Crippen LogP contribution in [0.3, 0.4) is 0 Å². The zero-order chi connectivity index (χ0) is 34.3. The first-order valence-electron chi connectivity index (χ1n) is 15.6. The number of aliphatic hydroxyl groups excluding tert-OH is 8. The van der Waals surface area contributed by atoms with Crippen LogP contribution in [-0.4, -0.2) is 143 Å². The highest BCUT2D eigenvalue weighted by Crippen LogP contribution is 2.52. The highest BCUT2D eigenvalue weighted by molar-refractivity contribution is 5.46. The van der Waals surface area contributed by atoms with Crippen molar-refractivity contribution >= 4 is 0 Å². The molecule has 0 aliphatic carbocycles. The van der Waals surface area contributed by atoms with Gasteiger partial charge in [-0.3, -0.25) is 0 Å². The van der Waals surface area contributed by atoms with Gasteiger partial charge in [0.2, 0.25) is 12.6 Å². The minimum atomic E-state index is -1.59. The molecule has 48 heavy (non-hydrogen) atoms. The van der Waals surface area contributed by atoms with Crippen LogP contribution in [0.15, 0.2) is 36.4 Å². The Morgan fingerprint density at radius 3 is 1.31 bits per heavy atom. The maximum absolute atomic E-state index is 10.4. The Hall–Kier alpha value is -2.84. The van der Waals surface area contributed by atoms with E-state index >= 15 is 0 Å². The third kappa shape index (κ3) is 6.44. The number of benzene rings is 2. The average molecular weight is 683 g/mol. The molecule has 4 saturated heterocycles. The minimum absolute atomic E-state index is 0.0204. The molecule has 0 spiro atoms. The Morgan fingerprint density at radius 2 is 0.958 bits per heavy atom. The van der Waals surface area contributed by atoms with Gasteiger partial charge in [-0.15, -0.1) is 0 Å². The van der Waals surface area contributed by atoms with Crippen LogP contribution in [-0.2, 0) is 18.9 Å². The van der Waals surface area contributed by atoms with E-state index in [9.17, 15) is 40.9 Å². The summed E-state index contributed by atoms with van der Waals surface area (Å²) in [5.74, 6) is 0.997. The standard InChI is InChI=1S/C32H42O16/c1-41-19-7-13(3-5-17(19)45-31-27(39)25(37)23(35)21(9-33)47-31)29-15-11-44-30(16(15)12-43-29)14-4-6-18(20(8-14)42-2)46-32-28(40)26(38)24(36)22(10-34)48-32/h3-8,15-16,21-40H,9-12H2,1-2H3/t15-,16+,21-,22-,23+,24+,25+,26+,27+,28+,29+,30-,31-,32+/m0/s1. The first-order chi connectivity index (χ1) is 23.1. The van der Waals surface area contributed by atoms with Crippen LogP contribution in [0.4, 0.5) is 0 Å². The van der Waals surface area contributed by atoms with Gasteiger partial charge in [0.25, 0.3) is 0 Å². The zero-order valence-corrected chi connectivity index (χ0v) is 26.2. The maximum atomic E-state index is 10.4. The largest absolute Gasteiger partial charge is 0.493 e. The summed E-state index contributed by atoms with van der Waals surface area (Å²) in [6.07, 6.45) is -15.0. The first kappa shape index (κ1) is 35.0. The SMILES string of the molecule is COc1cc([C@@H]2OC[C@H]3[C@H]2CO[C@@H]3c2ccc(O[C@H]3O[C@@H](CO)[C@@H](O)[C@@H](O)[C@H]3O)c(OC)c2)ccc1O[C@@H]1O[C@@H](CO)[C@@H](O)[C@@H](O)[C@H]1O. The molecule has 16 heteroatoms. The van der Waals surface area contributed by atoms with Gasteiger partial charge in [-0.1, -0.05) is 12.1 Å². The van der Waals surface area contributed by atoms with Crippen LogP contribution in [0.2, 0.25) is 0 Å². The van der Waals surface area contributed by atoms with Crippen molar-refractivity contribution in [2.75, 3.05) is 40.6 Å². The lowest BCUT2D eigenvalue weighted by Crippen LogP contribution is -2.60. The van der Waals surface area contributed by atoms with Gasteiger partial charge in [-0.05, 0) is 35.4 Å². The molecule has 0 bridgehead atoms. The van der Waals surface area contributed by atoms with Crippen LogP contribution in [0, 0.1) is 11.8 Å². The molecule has 266 valence electrons. The monoisotopic (exact) mass is 682 g/mol. The lowest BCUT2D eigenvalue weighted by Gasteiger charge is -2.39. The summed E-state index contributed by atoms with van der Waals surface area (Å²) in [6, 6.07) is 10.3. The van der Waals surface area contributed by atoms with E-state index in [4.69, 9.17) is 37.9 Å². The first-order valence-corrected chi connectivity index (χ1v) is 15.6. The fourth-order valence-electron chi connectivity index (χ4n) is 6.73. The van der Waals surface area contributed by atoms with Crippen molar-refractivity contribution in [3.63, 3.8) is 0 Å². The third-order valence-electron chi connectivity index (χ3n) is 9.48. The van der Waals surface area contributed by atoms with Gasteiger partial charge in [0.1, 0.15) is 48.8 Å². The molecule has 4 heterocycles. The second-order valence-electron chi connectivity index (χ2n) is 12.3. The van der Waals surface area contributed by atoms with Crippen molar-refractivity contribution in [1.29, 1.82) is 0 Å². The molecule has 16 nitrogen and oxygen atoms in total. The van der Waals surface area contributed by atoms with Crippen LogP contribution in [0.25, 0.3) is 0 Å². The molecule has 0 aromatic heterocycles. The summed E-state index contributed by atoms with van der Waals surface area (Å²) < 4.78 is 46.1. The van der Waals surface area contributed by atoms with Crippen LogP contribution < -0.4 is 18.9 Å². The van der Waals surface area contributed by atoms with Crippen molar-refractivity contribution in [2.24, 2.45) is 11.8 Å². The molecular weight excluding hydrogens is 640 g/mol. The van der Waals surface area contributed by atoms with Gasteiger partial charge >= 0.3 is 0 Å². The number of hydrogen-bond acceptors (Lipinski definition) is 16. The minimum Gasteiger partial charge on any atom is -0.493 e. The van der Waals surface area contributed by atoms with Gasteiger partial charge in [0.15, 0.2) is 23.0 Å². The van der Waals surface area contributed by atoms with Crippen molar-refractivity contribution in [1.82, 2.24) is 0 Å². The number of hydrogen-bond donors (Lipinski definition) is 8. The quantitative estimate of drug-likeness (QED) is 0.137. The predicted molar refractivity (Wildman–Crippen MR) is 159 cm³/mol. The smallest absolute Gasteiger partial charge is 0.229 e. The van der Waals surface area contributed by atoms with E-state index < -0.39 is 74.6 Å². The molecule has 14 atom stereocenters. The van der Waals surface area contributed by atoms with E-state index in [1.165, 1.54) is 14.2 Å². The summed E-state index contributed by atoms with van der Waals surface area (Å²) in [7, 11) is 2.90. The predicted octanol–water partition coefficient (Wildman–Crippen LogP) is -1.86. The normalized spacial score (nSPS) is 39.5. The molecule has 4 aliphatic rings. The van der Waals surface area contributed by atoms with Gasteiger partial charge in [0, 0.05) is 11.8 Å². The maximum Gasteiger partial charge on any atom is 0.229 e. The molecule has 0 unspecified atom stereocenters. The Labute approximate surface area is 275 Å². The van der Waals surface area contributed by atoms with Gasteiger partial charge < -0.3 is 78.7 Å². The molecule has 2 aromatic rings. The van der Waals surface area contributed by atoms with Crippen LogP contribution in [0.1, 0.15) is 23.3 Å². The summed E-state index contributed by atoms with van der Waals surface area (Å²) in [4.78, 5) is 0. The molecule has 4 fully saturated rings. The Balaban J connectivity index is 1.14. The second kappa shape index (κ2) is 14.6. The number of ether oxygens (including phenoxy) is 8. The molecule has 4 aliphatic heterocycles. The van der Waals surface area contributed by atoms with Gasteiger partial charge in [-0.25, -0.2) is 0 Å².